The van der Waals surface area contributed by atoms with E-state index in [1.54, 1.807) is 18.5 Å². The van der Waals surface area contributed by atoms with Gasteiger partial charge in [0, 0.05) is 23.6 Å². The fourth-order valence-corrected chi connectivity index (χ4v) is 1.56. The zero-order valence-electron chi connectivity index (χ0n) is 9.32. The zero-order valence-corrected chi connectivity index (χ0v) is 9.32. The molecule has 0 unspecified atom stereocenters. The quantitative estimate of drug-likeness (QED) is 0.685. The maximum atomic E-state index is 5.85. The fourth-order valence-electron chi connectivity index (χ4n) is 1.56. The molecule has 0 spiro atoms. The number of benzene rings is 1. The van der Waals surface area contributed by atoms with Crippen molar-refractivity contribution in [2.45, 2.75) is 0 Å². The Morgan fingerprint density at radius 1 is 1.06 bits per heavy atom. The van der Waals surface area contributed by atoms with Gasteiger partial charge in [0.25, 0.3) is 5.89 Å². The van der Waals surface area contributed by atoms with Crippen LogP contribution in [0.4, 0.5) is 5.69 Å². The van der Waals surface area contributed by atoms with E-state index in [1.165, 1.54) is 6.33 Å². The van der Waals surface area contributed by atoms with Gasteiger partial charge in [-0.3, -0.25) is 0 Å². The van der Waals surface area contributed by atoms with Crippen molar-refractivity contribution in [3.05, 3.63) is 43.0 Å². The molecule has 1 aromatic carbocycles. The highest BCUT2D eigenvalue weighted by Gasteiger charge is 2.12. The van der Waals surface area contributed by atoms with Crippen LogP contribution in [0.15, 0.2) is 47.5 Å². The summed E-state index contributed by atoms with van der Waals surface area (Å²) in [6, 6.07) is 7.35. The second-order valence-electron chi connectivity index (χ2n) is 3.64. The summed E-state index contributed by atoms with van der Waals surface area (Å²) in [5.41, 5.74) is 7.87. The normalized spacial score (nSPS) is 10.4. The van der Waals surface area contributed by atoms with Gasteiger partial charge in [0.05, 0.1) is 5.56 Å². The average Bonchev–Trinajstić information content (AvgIpc) is 2.90. The molecule has 2 N–H and O–H groups in total. The molecule has 6 heteroatoms. The fraction of sp³-hybridized carbons (Fsp3) is 0. The van der Waals surface area contributed by atoms with Gasteiger partial charge in [0.2, 0.25) is 5.82 Å². The number of nitrogen functional groups attached to an aromatic ring is 1. The molecule has 0 atom stereocenters. The highest BCUT2D eigenvalue weighted by Crippen LogP contribution is 2.25. The number of aromatic nitrogens is 4. The van der Waals surface area contributed by atoms with E-state index < -0.39 is 0 Å². The van der Waals surface area contributed by atoms with E-state index in [4.69, 9.17) is 10.3 Å². The van der Waals surface area contributed by atoms with Crippen LogP contribution < -0.4 is 5.73 Å². The van der Waals surface area contributed by atoms with E-state index in [1.807, 2.05) is 18.2 Å². The van der Waals surface area contributed by atoms with Crippen LogP contribution >= 0.6 is 0 Å². The summed E-state index contributed by atoms with van der Waals surface area (Å²) < 4.78 is 5.16. The van der Waals surface area contributed by atoms with Gasteiger partial charge in [-0.05, 0) is 12.1 Å². The van der Waals surface area contributed by atoms with Crippen LogP contribution in [-0.2, 0) is 0 Å². The predicted molar refractivity (Wildman–Crippen MR) is 65.2 cm³/mol. The Labute approximate surface area is 103 Å². The van der Waals surface area contributed by atoms with E-state index >= 15 is 0 Å². The zero-order chi connectivity index (χ0) is 12.4. The molecule has 88 valence electrons. The Kier molecular flexibility index (Phi) is 2.45. The third-order valence-electron chi connectivity index (χ3n) is 2.44. The molecule has 0 aliphatic heterocycles. The molecule has 0 amide bonds. The monoisotopic (exact) mass is 239 g/mol. The minimum Gasteiger partial charge on any atom is -0.398 e. The third kappa shape index (κ3) is 1.80. The molecule has 0 fully saturated rings. The average molecular weight is 239 g/mol. The molecule has 0 radical (unpaired) electrons. The highest BCUT2D eigenvalue weighted by molar-refractivity contribution is 5.71. The molecule has 6 nitrogen and oxygen atoms in total. The van der Waals surface area contributed by atoms with Crippen LogP contribution in [0.25, 0.3) is 22.8 Å². The molecule has 2 heterocycles. The summed E-state index contributed by atoms with van der Waals surface area (Å²) in [5.74, 6) is 0.820. The van der Waals surface area contributed by atoms with Crippen molar-refractivity contribution < 1.29 is 4.52 Å². The number of rotatable bonds is 2. The minimum atomic E-state index is 0.369. The lowest BCUT2D eigenvalue weighted by molar-refractivity contribution is 0.432. The summed E-state index contributed by atoms with van der Waals surface area (Å²) in [7, 11) is 0. The van der Waals surface area contributed by atoms with Gasteiger partial charge < -0.3 is 10.3 Å². The summed E-state index contributed by atoms with van der Waals surface area (Å²) in [5, 5.41) is 3.90. The first-order valence-corrected chi connectivity index (χ1v) is 5.28. The van der Waals surface area contributed by atoms with Crippen molar-refractivity contribution in [3.63, 3.8) is 0 Å². The van der Waals surface area contributed by atoms with E-state index in [2.05, 4.69) is 20.1 Å². The van der Waals surface area contributed by atoms with Gasteiger partial charge in [0.1, 0.15) is 6.33 Å². The molecule has 0 saturated heterocycles. The second-order valence-corrected chi connectivity index (χ2v) is 3.64. The number of anilines is 1. The number of nitrogens with zero attached hydrogens (tertiary/aromatic N) is 4. The lowest BCUT2D eigenvalue weighted by atomic mass is 10.2. The van der Waals surface area contributed by atoms with Crippen LogP contribution in [0.2, 0.25) is 0 Å². The molecule has 18 heavy (non-hydrogen) atoms. The number of hydrogen-bond acceptors (Lipinski definition) is 6. The number of nitrogens with two attached hydrogens (primary N) is 1. The number of hydrogen-bond donors (Lipinski definition) is 1. The maximum absolute atomic E-state index is 5.85. The third-order valence-corrected chi connectivity index (χ3v) is 2.44. The van der Waals surface area contributed by atoms with Crippen LogP contribution in [0.3, 0.4) is 0 Å². The Morgan fingerprint density at radius 3 is 2.61 bits per heavy atom. The summed E-state index contributed by atoms with van der Waals surface area (Å²) in [6.45, 7) is 0. The van der Waals surface area contributed by atoms with Crippen molar-refractivity contribution in [3.8, 4) is 22.8 Å². The Balaban J connectivity index is 2.03. The first kappa shape index (κ1) is 10.4. The van der Waals surface area contributed by atoms with Gasteiger partial charge in [-0.2, -0.15) is 4.98 Å². The molecule has 3 aromatic rings. The summed E-state index contributed by atoms with van der Waals surface area (Å²) >= 11 is 0. The van der Waals surface area contributed by atoms with Crippen LogP contribution in [-0.4, -0.2) is 20.1 Å². The molecule has 0 bridgehead atoms. The maximum Gasteiger partial charge on any atom is 0.261 e. The molecular weight excluding hydrogens is 230 g/mol. The molecular formula is C12H9N5O. The standard InChI is InChI=1S/C12H9N5O/c13-10-4-2-1-3-9(10)11-16-12(18-17-11)8-5-14-7-15-6-8/h1-7H,13H2. The van der Waals surface area contributed by atoms with Gasteiger partial charge in [-0.25, -0.2) is 9.97 Å². The number of para-hydroxylation sites is 1. The van der Waals surface area contributed by atoms with Crippen LogP contribution in [0.5, 0.6) is 0 Å². The first-order valence-electron chi connectivity index (χ1n) is 5.28. The van der Waals surface area contributed by atoms with Crippen molar-refractivity contribution in [1.82, 2.24) is 20.1 Å². The van der Waals surface area contributed by atoms with Gasteiger partial charge >= 0.3 is 0 Å². The smallest absolute Gasteiger partial charge is 0.261 e. The van der Waals surface area contributed by atoms with Gasteiger partial charge in [-0.1, -0.05) is 17.3 Å². The summed E-state index contributed by atoms with van der Waals surface area (Å²) in [4.78, 5) is 12.1. The Bertz CT molecular complexity index is 665. The Morgan fingerprint density at radius 2 is 1.83 bits per heavy atom. The molecule has 0 aliphatic carbocycles. The van der Waals surface area contributed by atoms with Crippen molar-refractivity contribution in [1.29, 1.82) is 0 Å². The molecule has 0 aliphatic rings. The van der Waals surface area contributed by atoms with Gasteiger partial charge in [0.15, 0.2) is 0 Å². The Hall–Kier alpha value is -2.76. The lowest BCUT2D eigenvalue weighted by Crippen LogP contribution is -1.90. The van der Waals surface area contributed by atoms with E-state index in [-0.39, 0.29) is 0 Å². The molecule has 0 saturated carbocycles. The van der Waals surface area contributed by atoms with Crippen LogP contribution in [0, 0.1) is 0 Å². The highest BCUT2D eigenvalue weighted by atomic mass is 16.5. The first-order chi connectivity index (χ1) is 8.84. The summed E-state index contributed by atoms with van der Waals surface area (Å²) in [6.07, 6.45) is 4.66. The predicted octanol–water partition coefficient (Wildman–Crippen LogP) is 1.78. The van der Waals surface area contributed by atoms with Crippen LogP contribution in [0.1, 0.15) is 0 Å². The molecule has 2 aromatic heterocycles. The topological polar surface area (TPSA) is 90.7 Å². The second kappa shape index (κ2) is 4.25. The van der Waals surface area contributed by atoms with Crippen molar-refractivity contribution in [2.24, 2.45) is 0 Å². The van der Waals surface area contributed by atoms with E-state index in [0.717, 1.165) is 5.56 Å². The largest absolute Gasteiger partial charge is 0.398 e. The lowest BCUT2D eigenvalue weighted by Gasteiger charge is -1.97. The van der Waals surface area contributed by atoms with E-state index in [9.17, 15) is 0 Å². The van der Waals surface area contributed by atoms with Crippen molar-refractivity contribution >= 4 is 5.69 Å². The minimum absolute atomic E-state index is 0.369. The molecule has 3 rings (SSSR count). The van der Waals surface area contributed by atoms with Crippen molar-refractivity contribution in [2.75, 3.05) is 5.73 Å². The SMILES string of the molecule is Nc1ccccc1-c1noc(-c2cncnc2)n1. The van der Waals surface area contributed by atoms with Gasteiger partial charge in [-0.15, -0.1) is 0 Å². The van der Waals surface area contributed by atoms with E-state index in [0.29, 0.717) is 23.0 Å².